The van der Waals surface area contributed by atoms with Crippen molar-refractivity contribution in [1.82, 2.24) is 5.32 Å². The quantitative estimate of drug-likeness (QED) is 0.656. The molecule has 2 rings (SSSR count). The van der Waals surface area contributed by atoms with Crippen molar-refractivity contribution >= 4 is 12.0 Å². The topological polar surface area (TPSA) is 38.3 Å². The Labute approximate surface area is 129 Å². The predicted molar refractivity (Wildman–Crippen MR) is 85.1 cm³/mol. The first-order valence-electron chi connectivity index (χ1n) is 7.04. The minimum absolute atomic E-state index is 0.211. The summed E-state index contributed by atoms with van der Waals surface area (Å²) >= 11 is 0. The van der Waals surface area contributed by atoms with Gasteiger partial charge in [0, 0.05) is 6.08 Å². The summed E-state index contributed by atoms with van der Waals surface area (Å²) in [5.74, 6) is 0.272. The first-order valence-corrected chi connectivity index (χ1v) is 7.04. The number of ether oxygens (including phenoxy) is 1. The van der Waals surface area contributed by atoms with Crippen molar-refractivity contribution in [1.29, 1.82) is 0 Å². The predicted octanol–water partition coefficient (Wildman–Crippen LogP) is 3.34. The highest BCUT2D eigenvalue weighted by atomic mass is 19.1. The lowest BCUT2D eigenvalue weighted by Crippen LogP contribution is -2.26. The van der Waals surface area contributed by atoms with Crippen molar-refractivity contribution in [2.45, 2.75) is 6.92 Å². The van der Waals surface area contributed by atoms with Gasteiger partial charge in [-0.1, -0.05) is 29.8 Å². The van der Waals surface area contributed by atoms with Crippen molar-refractivity contribution < 1.29 is 13.9 Å². The first-order chi connectivity index (χ1) is 10.6. The fourth-order valence-corrected chi connectivity index (χ4v) is 1.78. The summed E-state index contributed by atoms with van der Waals surface area (Å²) in [6, 6.07) is 13.7. The molecular formula is C18H18FNO2. The van der Waals surface area contributed by atoms with Gasteiger partial charge < -0.3 is 10.1 Å². The molecule has 22 heavy (non-hydrogen) atoms. The van der Waals surface area contributed by atoms with Crippen molar-refractivity contribution in [3.63, 3.8) is 0 Å². The van der Waals surface area contributed by atoms with Crippen LogP contribution in [0.2, 0.25) is 0 Å². The van der Waals surface area contributed by atoms with Gasteiger partial charge in [0.2, 0.25) is 5.91 Å². The lowest BCUT2D eigenvalue weighted by molar-refractivity contribution is -0.116. The molecular weight excluding hydrogens is 281 g/mol. The molecule has 0 bridgehead atoms. The highest BCUT2D eigenvalue weighted by Gasteiger charge is 1.97. The normalized spacial score (nSPS) is 10.6. The zero-order valence-electron chi connectivity index (χ0n) is 12.4. The number of hydrogen-bond acceptors (Lipinski definition) is 2. The van der Waals surface area contributed by atoms with Crippen molar-refractivity contribution in [3.05, 3.63) is 71.6 Å². The molecule has 0 spiro atoms. The minimum atomic E-state index is -0.296. The number of aryl methyl sites for hydroxylation is 1. The largest absolute Gasteiger partial charge is 0.492 e. The molecule has 2 aromatic rings. The molecule has 1 amide bonds. The van der Waals surface area contributed by atoms with E-state index in [0.29, 0.717) is 13.2 Å². The number of rotatable bonds is 6. The van der Waals surface area contributed by atoms with Gasteiger partial charge in [-0.2, -0.15) is 0 Å². The second-order valence-electron chi connectivity index (χ2n) is 4.84. The Kier molecular flexibility index (Phi) is 5.72. The van der Waals surface area contributed by atoms with Crippen LogP contribution in [0.25, 0.3) is 6.08 Å². The number of benzene rings is 2. The van der Waals surface area contributed by atoms with Crippen LogP contribution in [0.4, 0.5) is 4.39 Å². The van der Waals surface area contributed by atoms with Crippen molar-refractivity contribution in [3.8, 4) is 5.75 Å². The third-order valence-electron chi connectivity index (χ3n) is 2.99. The maximum absolute atomic E-state index is 12.7. The van der Waals surface area contributed by atoms with E-state index in [2.05, 4.69) is 5.32 Å². The van der Waals surface area contributed by atoms with Gasteiger partial charge in [0.1, 0.15) is 18.2 Å². The number of carbonyl (C=O) groups excluding carboxylic acids is 1. The summed E-state index contributed by atoms with van der Waals surface area (Å²) in [6.45, 7) is 2.83. The van der Waals surface area contributed by atoms with E-state index in [9.17, 15) is 9.18 Å². The van der Waals surface area contributed by atoms with Crippen LogP contribution in [-0.2, 0) is 4.79 Å². The van der Waals surface area contributed by atoms with Crippen LogP contribution < -0.4 is 10.1 Å². The SMILES string of the molecule is Cc1ccc(OCCNC(=O)/C=C/c2ccc(F)cc2)cc1. The van der Waals surface area contributed by atoms with Gasteiger partial charge in [-0.25, -0.2) is 4.39 Å². The number of halogens is 1. The van der Waals surface area contributed by atoms with E-state index >= 15 is 0 Å². The van der Waals surface area contributed by atoms with E-state index in [-0.39, 0.29) is 11.7 Å². The molecule has 0 fully saturated rings. The highest BCUT2D eigenvalue weighted by Crippen LogP contribution is 2.10. The summed E-state index contributed by atoms with van der Waals surface area (Å²) in [6.07, 6.45) is 3.05. The summed E-state index contributed by atoms with van der Waals surface area (Å²) in [5.41, 5.74) is 1.94. The standard InChI is InChI=1S/C18H18FNO2/c1-14-2-9-17(10-3-14)22-13-12-20-18(21)11-6-15-4-7-16(19)8-5-15/h2-11H,12-13H2,1H3,(H,20,21)/b11-6+. The van der Waals surface area contributed by atoms with Gasteiger partial charge in [0.05, 0.1) is 6.54 Å². The Balaban J connectivity index is 1.69. The van der Waals surface area contributed by atoms with Crippen molar-refractivity contribution in [2.75, 3.05) is 13.2 Å². The van der Waals surface area contributed by atoms with E-state index in [1.807, 2.05) is 31.2 Å². The van der Waals surface area contributed by atoms with Crippen LogP contribution in [0.1, 0.15) is 11.1 Å². The monoisotopic (exact) mass is 299 g/mol. The second kappa shape index (κ2) is 7.98. The Hall–Kier alpha value is -2.62. The molecule has 0 aromatic heterocycles. The summed E-state index contributed by atoms with van der Waals surface area (Å²) in [4.78, 5) is 11.6. The van der Waals surface area contributed by atoms with E-state index in [0.717, 1.165) is 11.3 Å². The Morgan fingerprint density at radius 3 is 2.50 bits per heavy atom. The summed E-state index contributed by atoms with van der Waals surface area (Å²) in [5, 5.41) is 2.72. The molecule has 0 aliphatic heterocycles. The number of nitrogens with one attached hydrogen (secondary N) is 1. The van der Waals surface area contributed by atoms with Gasteiger partial charge in [-0.15, -0.1) is 0 Å². The molecule has 114 valence electrons. The van der Waals surface area contributed by atoms with Crippen LogP contribution in [0.3, 0.4) is 0 Å². The molecule has 0 heterocycles. The Morgan fingerprint density at radius 2 is 1.82 bits per heavy atom. The average molecular weight is 299 g/mol. The minimum Gasteiger partial charge on any atom is -0.492 e. The summed E-state index contributed by atoms with van der Waals surface area (Å²) < 4.78 is 18.2. The van der Waals surface area contributed by atoms with Gasteiger partial charge >= 0.3 is 0 Å². The molecule has 0 saturated carbocycles. The lowest BCUT2D eigenvalue weighted by atomic mass is 10.2. The molecule has 2 aromatic carbocycles. The molecule has 0 saturated heterocycles. The maximum atomic E-state index is 12.7. The second-order valence-corrected chi connectivity index (χ2v) is 4.84. The van der Waals surface area contributed by atoms with Crippen LogP contribution in [0, 0.1) is 12.7 Å². The first kappa shape index (κ1) is 15.8. The molecule has 0 aliphatic carbocycles. The Morgan fingerprint density at radius 1 is 1.14 bits per heavy atom. The van der Waals surface area contributed by atoms with Crippen LogP contribution >= 0.6 is 0 Å². The van der Waals surface area contributed by atoms with E-state index in [4.69, 9.17) is 4.74 Å². The molecule has 3 nitrogen and oxygen atoms in total. The average Bonchev–Trinajstić information content (AvgIpc) is 2.53. The van der Waals surface area contributed by atoms with Gasteiger partial charge in [0.25, 0.3) is 0 Å². The van der Waals surface area contributed by atoms with Crippen LogP contribution in [0.15, 0.2) is 54.6 Å². The number of carbonyl (C=O) groups is 1. The summed E-state index contributed by atoms with van der Waals surface area (Å²) in [7, 11) is 0. The third kappa shape index (κ3) is 5.40. The fourth-order valence-electron chi connectivity index (χ4n) is 1.78. The van der Waals surface area contributed by atoms with E-state index in [1.54, 1.807) is 18.2 Å². The Bertz CT molecular complexity index is 633. The fraction of sp³-hybridized carbons (Fsp3) is 0.167. The zero-order chi connectivity index (χ0) is 15.8. The van der Waals surface area contributed by atoms with Crippen LogP contribution in [0.5, 0.6) is 5.75 Å². The number of amides is 1. The highest BCUT2D eigenvalue weighted by molar-refractivity contribution is 5.91. The molecule has 0 radical (unpaired) electrons. The molecule has 0 atom stereocenters. The van der Waals surface area contributed by atoms with Gasteiger partial charge in [-0.3, -0.25) is 4.79 Å². The van der Waals surface area contributed by atoms with Crippen molar-refractivity contribution in [2.24, 2.45) is 0 Å². The van der Waals surface area contributed by atoms with E-state index in [1.165, 1.54) is 23.8 Å². The zero-order valence-corrected chi connectivity index (χ0v) is 12.4. The van der Waals surface area contributed by atoms with Gasteiger partial charge in [0.15, 0.2) is 0 Å². The number of hydrogen-bond donors (Lipinski definition) is 1. The van der Waals surface area contributed by atoms with E-state index < -0.39 is 0 Å². The smallest absolute Gasteiger partial charge is 0.244 e. The van der Waals surface area contributed by atoms with Crippen LogP contribution in [-0.4, -0.2) is 19.1 Å². The molecule has 4 heteroatoms. The van der Waals surface area contributed by atoms with Gasteiger partial charge in [-0.05, 0) is 42.8 Å². The molecule has 1 N–H and O–H groups in total. The lowest BCUT2D eigenvalue weighted by Gasteiger charge is -2.06. The molecule has 0 unspecified atom stereocenters. The third-order valence-corrected chi connectivity index (χ3v) is 2.99. The maximum Gasteiger partial charge on any atom is 0.244 e. The molecule has 0 aliphatic rings.